The van der Waals surface area contributed by atoms with Crippen LogP contribution in [0.2, 0.25) is 0 Å². The van der Waals surface area contributed by atoms with Crippen molar-refractivity contribution in [2.75, 3.05) is 0 Å². The van der Waals surface area contributed by atoms with Crippen molar-refractivity contribution in [2.24, 2.45) is 0 Å². The SMILES string of the molecule is CC(O)P(c1ccccc1)c1cccnc1. The first kappa shape index (κ1) is 11.3. The van der Waals surface area contributed by atoms with Gasteiger partial charge in [0, 0.05) is 17.7 Å². The Labute approximate surface area is 96.7 Å². The lowest BCUT2D eigenvalue weighted by atomic mass is 10.4. The van der Waals surface area contributed by atoms with Crippen molar-refractivity contribution < 1.29 is 5.11 Å². The van der Waals surface area contributed by atoms with Crippen LogP contribution in [0.25, 0.3) is 0 Å². The molecule has 0 amide bonds. The molecule has 0 saturated carbocycles. The topological polar surface area (TPSA) is 33.1 Å². The van der Waals surface area contributed by atoms with Crippen LogP contribution in [0.4, 0.5) is 0 Å². The summed E-state index contributed by atoms with van der Waals surface area (Å²) in [6.07, 6.45) is 3.59. The van der Waals surface area contributed by atoms with E-state index in [4.69, 9.17) is 0 Å². The molecule has 0 aliphatic heterocycles. The fourth-order valence-corrected chi connectivity index (χ4v) is 3.76. The Morgan fingerprint density at radius 2 is 1.75 bits per heavy atom. The largest absolute Gasteiger partial charge is 0.388 e. The maximum Gasteiger partial charge on any atom is 0.0786 e. The van der Waals surface area contributed by atoms with Gasteiger partial charge in [0.05, 0.1) is 5.85 Å². The molecule has 1 N–H and O–H groups in total. The van der Waals surface area contributed by atoms with E-state index in [9.17, 15) is 5.11 Å². The Morgan fingerprint density at radius 3 is 2.31 bits per heavy atom. The molecule has 3 heteroatoms. The van der Waals surface area contributed by atoms with E-state index in [-0.39, 0.29) is 5.85 Å². The molecule has 2 unspecified atom stereocenters. The Bertz CT molecular complexity index is 391. The van der Waals surface area contributed by atoms with Gasteiger partial charge < -0.3 is 5.11 Å². The molecule has 2 atom stereocenters. The summed E-state index contributed by atoms with van der Waals surface area (Å²) in [7, 11) is -0.717. The Hall–Kier alpha value is -1.24. The van der Waals surface area contributed by atoms with Gasteiger partial charge in [-0.2, -0.15) is 0 Å². The van der Waals surface area contributed by atoms with Gasteiger partial charge in [-0.25, -0.2) is 0 Å². The fourth-order valence-electron chi connectivity index (χ4n) is 1.67. The highest BCUT2D eigenvalue weighted by molar-refractivity contribution is 7.73. The van der Waals surface area contributed by atoms with Gasteiger partial charge >= 0.3 is 0 Å². The molecule has 1 aromatic heterocycles. The highest BCUT2D eigenvalue weighted by Gasteiger charge is 2.18. The van der Waals surface area contributed by atoms with Gasteiger partial charge in [0.25, 0.3) is 0 Å². The van der Waals surface area contributed by atoms with Crippen molar-refractivity contribution in [1.82, 2.24) is 4.98 Å². The van der Waals surface area contributed by atoms with Crippen molar-refractivity contribution in [2.45, 2.75) is 12.8 Å². The van der Waals surface area contributed by atoms with Crippen molar-refractivity contribution in [1.29, 1.82) is 0 Å². The molecular weight excluding hydrogens is 217 g/mol. The standard InChI is InChI=1S/C13H14NOP/c1-11(15)16(12-6-3-2-4-7-12)13-8-5-9-14-10-13/h2-11,15H,1H3. The number of hydrogen-bond donors (Lipinski definition) is 1. The van der Waals surface area contributed by atoms with Gasteiger partial charge in [0.15, 0.2) is 0 Å². The summed E-state index contributed by atoms with van der Waals surface area (Å²) in [6, 6.07) is 14.1. The summed E-state index contributed by atoms with van der Waals surface area (Å²) in [5, 5.41) is 12.2. The van der Waals surface area contributed by atoms with Gasteiger partial charge in [-0.3, -0.25) is 4.98 Å². The van der Waals surface area contributed by atoms with Crippen LogP contribution in [0, 0.1) is 0 Å². The average molecular weight is 231 g/mol. The van der Waals surface area contributed by atoms with Crippen LogP contribution in [0.1, 0.15) is 6.92 Å². The van der Waals surface area contributed by atoms with Crippen molar-refractivity contribution >= 4 is 18.5 Å². The maximum absolute atomic E-state index is 9.92. The first-order valence-electron chi connectivity index (χ1n) is 5.21. The summed E-state index contributed by atoms with van der Waals surface area (Å²) in [5.74, 6) is -0.360. The first-order valence-corrected chi connectivity index (χ1v) is 6.62. The van der Waals surface area contributed by atoms with Crippen LogP contribution in [-0.4, -0.2) is 15.9 Å². The van der Waals surface area contributed by atoms with Gasteiger partial charge in [-0.05, 0) is 26.2 Å². The third-order valence-corrected chi connectivity index (χ3v) is 4.75. The summed E-state index contributed by atoms with van der Waals surface area (Å²) in [4.78, 5) is 4.12. The molecule has 0 bridgehead atoms. The van der Waals surface area contributed by atoms with Crippen LogP contribution >= 0.6 is 7.92 Å². The van der Waals surface area contributed by atoms with Crippen molar-refractivity contribution in [3.05, 3.63) is 54.9 Å². The van der Waals surface area contributed by atoms with Crippen molar-refractivity contribution in [3.8, 4) is 0 Å². The van der Waals surface area contributed by atoms with E-state index in [1.807, 2.05) is 43.5 Å². The van der Waals surface area contributed by atoms with Crippen molar-refractivity contribution in [3.63, 3.8) is 0 Å². The number of hydrogen-bond acceptors (Lipinski definition) is 2. The molecule has 2 rings (SSSR count). The normalized spacial score (nSPS) is 14.4. The zero-order valence-electron chi connectivity index (χ0n) is 9.12. The van der Waals surface area contributed by atoms with Gasteiger partial charge in [0.1, 0.15) is 0 Å². The monoisotopic (exact) mass is 231 g/mol. The molecule has 2 aromatic rings. The zero-order valence-corrected chi connectivity index (χ0v) is 10.0. The molecule has 0 saturated heterocycles. The van der Waals surface area contributed by atoms with E-state index in [1.165, 1.54) is 5.30 Å². The van der Waals surface area contributed by atoms with Gasteiger partial charge in [-0.1, -0.05) is 36.4 Å². The summed E-state index contributed by atoms with van der Waals surface area (Å²) in [5.41, 5.74) is 0. The summed E-state index contributed by atoms with van der Waals surface area (Å²) in [6.45, 7) is 1.84. The minimum atomic E-state index is -0.717. The lowest BCUT2D eigenvalue weighted by molar-refractivity contribution is 0.280. The number of aliphatic hydroxyl groups excluding tert-OH is 1. The number of nitrogens with zero attached hydrogens (tertiary/aromatic N) is 1. The predicted molar refractivity (Wildman–Crippen MR) is 68.5 cm³/mol. The molecule has 0 fully saturated rings. The fraction of sp³-hybridized carbons (Fsp3) is 0.154. The first-order chi connectivity index (χ1) is 7.79. The molecule has 2 nitrogen and oxygen atoms in total. The number of aromatic nitrogens is 1. The van der Waals surface area contributed by atoms with Gasteiger partial charge in [0.2, 0.25) is 0 Å². The number of rotatable bonds is 3. The molecule has 0 aliphatic rings. The van der Waals surface area contributed by atoms with Crippen LogP contribution < -0.4 is 10.6 Å². The minimum absolute atomic E-state index is 0.360. The summed E-state index contributed by atoms with van der Waals surface area (Å²) >= 11 is 0. The summed E-state index contributed by atoms with van der Waals surface area (Å²) < 4.78 is 0. The zero-order chi connectivity index (χ0) is 11.4. The van der Waals surface area contributed by atoms with E-state index < -0.39 is 7.92 Å². The molecule has 1 aromatic carbocycles. The minimum Gasteiger partial charge on any atom is -0.388 e. The highest BCUT2D eigenvalue weighted by Crippen LogP contribution is 2.37. The second kappa shape index (κ2) is 5.20. The Balaban J connectivity index is 2.40. The average Bonchev–Trinajstić information content (AvgIpc) is 2.31. The van der Waals surface area contributed by atoms with Crippen LogP contribution in [0.5, 0.6) is 0 Å². The number of benzene rings is 1. The predicted octanol–water partition coefficient (Wildman–Crippen LogP) is 1.85. The van der Waals surface area contributed by atoms with Crippen LogP contribution in [0.3, 0.4) is 0 Å². The molecule has 1 heterocycles. The lowest BCUT2D eigenvalue weighted by Gasteiger charge is -2.20. The van der Waals surface area contributed by atoms with Crippen LogP contribution in [0.15, 0.2) is 54.9 Å². The molecule has 0 aliphatic carbocycles. The second-order valence-electron chi connectivity index (χ2n) is 3.55. The van der Waals surface area contributed by atoms with E-state index in [0.717, 1.165) is 5.30 Å². The van der Waals surface area contributed by atoms with E-state index in [0.29, 0.717) is 0 Å². The van der Waals surface area contributed by atoms with E-state index >= 15 is 0 Å². The second-order valence-corrected chi connectivity index (χ2v) is 6.07. The Kier molecular flexibility index (Phi) is 3.66. The molecule has 16 heavy (non-hydrogen) atoms. The smallest absolute Gasteiger partial charge is 0.0786 e. The molecule has 82 valence electrons. The van der Waals surface area contributed by atoms with E-state index in [1.54, 1.807) is 6.20 Å². The Morgan fingerprint density at radius 1 is 1.06 bits per heavy atom. The van der Waals surface area contributed by atoms with Crippen LogP contribution in [-0.2, 0) is 0 Å². The molecule has 0 spiro atoms. The maximum atomic E-state index is 9.92. The third-order valence-electron chi connectivity index (χ3n) is 2.33. The van der Waals surface area contributed by atoms with Gasteiger partial charge in [-0.15, -0.1) is 0 Å². The molecular formula is C13H14NOP. The number of pyridine rings is 1. The quantitative estimate of drug-likeness (QED) is 0.818. The highest BCUT2D eigenvalue weighted by atomic mass is 31.1. The molecule has 0 radical (unpaired) electrons. The third kappa shape index (κ3) is 2.46. The number of aliphatic hydroxyl groups is 1. The van der Waals surface area contributed by atoms with E-state index in [2.05, 4.69) is 17.1 Å². The lowest BCUT2D eigenvalue weighted by Crippen LogP contribution is -2.19.